The van der Waals surface area contributed by atoms with E-state index in [1.807, 2.05) is 0 Å². The van der Waals surface area contributed by atoms with Crippen molar-refractivity contribution in [2.45, 2.75) is 31.9 Å². The summed E-state index contributed by atoms with van der Waals surface area (Å²) in [7, 11) is 1.38. The average Bonchev–Trinajstić information content (AvgIpc) is 2.79. The molecule has 0 aliphatic carbocycles. The normalized spacial score (nSPS) is 16.6. The summed E-state index contributed by atoms with van der Waals surface area (Å²) in [5.74, 6) is -1.25. The lowest BCUT2D eigenvalue weighted by Crippen LogP contribution is -2.39. The molecule has 2 heterocycles. The van der Waals surface area contributed by atoms with Gasteiger partial charge in [0.15, 0.2) is 5.69 Å². The topological polar surface area (TPSA) is 75.4 Å². The number of hydrogen-bond donors (Lipinski definition) is 1. The number of aromatic nitrogens is 2. The van der Waals surface area contributed by atoms with Gasteiger partial charge in [-0.2, -0.15) is 18.3 Å². The van der Waals surface area contributed by atoms with Crippen molar-refractivity contribution in [3.63, 3.8) is 0 Å². The number of halogens is 3. The number of carbonyl (C=O) groups excluding carboxylic acids is 1. The Bertz CT molecular complexity index is 590. The van der Waals surface area contributed by atoms with Crippen LogP contribution in [-0.2, 0) is 29.2 Å². The van der Waals surface area contributed by atoms with Crippen molar-refractivity contribution < 1.29 is 27.9 Å². The Balaban J connectivity index is 1.97. The molecule has 1 saturated heterocycles. The molecule has 9 heteroatoms. The molecular weight excluding hydrogens is 315 g/mol. The molecule has 0 unspecified atom stereocenters. The Morgan fingerprint density at radius 3 is 2.48 bits per heavy atom. The van der Waals surface area contributed by atoms with Gasteiger partial charge in [-0.05, 0) is 18.8 Å². The van der Waals surface area contributed by atoms with Gasteiger partial charge in [0, 0.05) is 38.3 Å². The summed E-state index contributed by atoms with van der Waals surface area (Å²) in [6.45, 7) is 0.747. The third-order valence-electron chi connectivity index (χ3n) is 3.95. The molecular formula is C14H18F3N3O3. The van der Waals surface area contributed by atoms with E-state index in [4.69, 9.17) is 5.11 Å². The summed E-state index contributed by atoms with van der Waals surface area (Å²) in [6.07, 6.45) is -2.58. The predicted molar refractivity (Wildman–Crippen MR) is 73.5 cm³/mol. The molecule has 1 aromatic rings. The summed E-state index contributed by atoms with van der Waals surface area (Å²) in [5.41, 5.74) is -1.17. The van der Waals surface area contributed by atoms with Crippen molar-refractivity contribution >= 4 is 11.9 Å². The van der Waals surface area contributed by atoms with E-state index in [1.165, 1.54) is 18.1 Å². The lowest BCUT2D eigenvalue weighted by molar-refractivity contribution is -0.142. The molecule has 0 bridgehead atoms. The van der Waals surface area contributed by atoms with E-state index >= 15 is 0 Å². The van der Waals surface area contributed by atoms with E-state index < -0.39 is 23.7 Å². The van der Waals surface area contributed by atoms with E-state index in [2.05, 4.69) is 5.10 Å². The maximum absolute atomic E-state index is 12.9. The lowest BCUT2D eigenvalue weighted by Gasteiger charge is -2.31. The number of hydrogen-bond acceptors (Lipinski definition) is 3. The summed E-state index contributed by atoms with van der Waals surface area (Å²) in [6, 6.07) is 0. The first-order chi connectivity index (χ1) is 10.7. The highest BCUT2D eigenvalue weighted by molar-refractivity contribution is 5.79. The first-order valence-corrected chi connectivity index (χ1v) is 7.26. The van der Waals surface area contributed by atoms with Gasteiger partial charge in [0.05, 0.1) is 6.42 Å². The molecule has 0 saturated carbocycles. The number of aliphatic carboxylic acids is 1. The fourth-order valence-electron chi connectivity index (χ4n) is 2.81. The van der Waals surface area contributed by atoms with Gasteiger partial charge < -0.3 is 10.0 Å². The summed E-state index contributed by atoms with van der Waals surface area (Å²) < 4.78 is 39.7. The van der Waals surface area contributed by atoms with Gasteiger partial charge in [-0.1, -0.05) is 0 Å². The zero-order valence-corrected chi connectivity index (χ0v) is 12.6. The molecule has 1 fully saturated rings. The van der Waals surface area contributed by atoms with Gasteiger partial charge >= 0.3 is 12.1 Å². The molecule has 0 atom stereocenters. The van der Waals surface area contributed by atoms with Crippen LogP contribution in [0.2, 0.25) is 0 Å². The SMILES string of the molecule is Cn1cc(CC(=O)N2CCC(CC(=O)O)CC2)c(C(F)(F)F)n1. The third kappa shape index (κ3) is 4.46. The second-order valence-corrected chi connectivity index (χ2v) is 5.77. The maximum atomic E-state index is 12.9. The van der Waals surface area contributed by atoms with Crippen molar-refractivity contribution in [2.24, 2.45) is 13.0 Å². The Labute approximate surface area is 130 Å². The minimum Gasteiger partial charge on any atom is -0.481 e. The molecule has 128 valence electrons. The monoisotopic (exact) mass is 333 g/mol. The fourth-order valence-corrected chi connectivity index (χ4v) is 2.81. The Kier molecular flexibility index (Phi) is 4.96. The number of carbonyl (C=O) groups is 2. The van der Waals surface area contributed by atoms with E-state index in [1.54, 1.807) is 0 Å². The number of rotatable bonds is 4. The molecule has 0 spiro atoms. The van der Waals surface area contributed by atoms with Crippen molar-refractivity contribution in [1.82, 2.24) is 14.7 Å². The highest BCUT2D eigenvalue weighted by atomic mass is 19.4. The van der Waals surface area contributed by atoms with Crippen LogP contribution >= 0.6 is 0 Å². The Morgan fingerprint density at radius 1 is 1.35 bits per heavy atom. The van der Waals surface area contributed by atoms with Crippen LogP contribution in [0.3, 0.4) is 0 Å². The predicted octanol–water partition coefficient (Wildman–Crippen LogP) is 1.69. The zero-order valence-electron chi connectivity index (χ0n) is 12.6. The molecule has 1 aliphatic heterocycles. The largest absolute Gasteiger partial charge is 0.481 e. The molecule has 2 rings (SSSR count). The van der Waals surface area contributed by atoms with Crippen LogP contribution in [0.5, 0.6) is 0 Å². The molecule has 1 aliphatic rings. The minimum atomic E-state index is -4.59. The molecule has 0 radical (unpaired) electrons. The van der Waals surface area contributed by atoms with E-state index in [9.17, 15) is 22.8 Å². The molecule has 0 aromatic carbocycles. The van der Waals surface area contributed by atoms with Crippen LogP contribution < -0.4 is 0 Å². The van der Waals surface area contributed by atoms with Crippen molar-refractivity contribution in [3.8, 4) is 0 Å². The number of amides is 1. The summed E-state index contributed by atoms with van der Waals surface area (Å²) in [5, 5.41) is 12.1. The molecule has 23 heavy (non-hydrogen) atoms. The van der Waals surface area contributed by atoms with Gasteiger partial charge in [-0.3, -0.25) is 14.3 Å². The number of aryl methyl sites for hydroxylation is 1. The van der Waals surface area contributed by atoms with Crippen LogP contribution in [0, 0.1) is 5.92 Å². The van der Waals surface area contributed by atoms with Crippen molar-refractivity contribution in [3.05, 3.63) is 17.5 Å². The van der Waals surface area contributed by atoms with Crippen LogP contribution in [0.25, 0.3) is 0 Å². The Morgan fingerprint density at radius 2 is 1.96 bits per heavy atom. The summed E-state index contributed by atoms with van der Waals surface area (Å²) in [4.78, 5) is 24.3. The highest BCUT2D eigenvalue weighted by Crippen LogP contribution is 2.31. The Hall–Kier alpha value is -2.06. The third-order valence-corrected chi connectivity index (χ3v) is 3.95. The lowest BCUT2D eigenvalue weighted by atomic mass is 9.93. The molecule has 1 N–H and O–H groups in total. The molecule has 1 amide bonds. The van der Waals surface area contributed by atoms with E-state index in [0.717, 1.165) is 4.68 Å². The van der Waals surface area contributed by atoms with Gasteiger partial charge in [0.25, 0.3) is 0 Å². The zero-order chi connectivity index (χ0) is 17.2. The van der Waals surface area contributed by atoms with Crippen LogP contribution in [0.4, 0.5) is 13.2 Å². The second kappa shape index (κ2) is 6.59. The van der Waals surface area contributed by atoms with E-state index in [-0.39, 0.29) is 24.3 Å². The maximum Gasteiger partial charge on any atom is 0.435 e. The van der Waals surface area contributed by atoms with Gasteiger partial charge in [-0.15, -0.1) is 0 Å². The average molecular weight is 333 g/mol. The number of carboxylic acid groups (broad SMARTS) is 1. The van der Waals surface area contributed by atoms with Gasteiger partial charge in [-0.25, -0.2) is 0 Å². The van der Waals surface area contributed by atoms with E-state index in [0.29, 0.717) is 25.9 Å². The van der Waals surface area contributed by atoms with Crippen LogP contribution in [0.1, 0.15) is 30.5 Å². The second-order valence-electron chi connectivity index (χ2n) is 5.77. The van der Waals surface area contributed by atoms with Crippen LogP contribution in [-0.4, -0.2) is 44.8 Å². The summed E-state index contributed by atoms with van der Waals surface area (Å²) >= 11 is 0. The molecule has 1 aromatic heterocycles. The highest BCUT2D eigenvalue weighted by Gasteiger charge is 2.37. The van der Waals surface area contributed by atoms with Gasteiger partial charge in [0.2, 0.25) is 5.91 Å². The quantitative estimate of drug-likeness (QED) is 0.910. The standard InChI is InChI=1S/C14H18F3N3O3/c1-19-8-10(13(18-19)14(15,16)17)7-11(21)20-4-2-9(3-5-20)6-12(22)23/h8-9H,2-7H2,1H3,(H,22,23). The number of carboxylic acids is 1. The van der Waals surface area contributed by atoms with Crippen LogP contribution in [0.15, 0.2) is 6.20 Å². The van der Waals surface area contributed by atoms with Gasteiger partial charge in [0.1, 0.15) is 0 Å². The first kappa shape index (κ1) is 17.3. The smallest absolute Gasteiger partial charge is 0.435 e. The first-order valence-electron chi connectivity index (χ1n) is 7.26. The number of piperidine rings is 1. The van der Waals surface area contributed by atoms with Crippen molar-refractivity contribution in [2.75, 3.05) is 13.1 Å². The minimum absolute atomic E-state index is 0.0145. The number of alkyl halides is 3. The number of nitrogens with zero attached hydrogens (tertiary/aromatic N) is 3. The van der Waals surface area contributed by atoms with Crippen molar-refractivity contribution in [1.29, 1.82) is 0 Å². The fraction of sp³-hybridized carbons (Fsp3) is 0.643. The molecule has 6 nitrogen and oxygen atoms in total. The number of likely N-dealkylation sites (tertiary alicyclic amines) is 1.